The molecule has 0 bridgehead atoms. The number of nitrogens with one attached hydrogen (secondary N) is 1. The van der Waals surface area contributed by atoms with E-state index in [0.29, 0.717) is 6.67 Å². The van der Waals surface area contributed by atoms with E-state index in [-0.39, 0.29) is 6.54 Å². The molecule has 1 N–H and O–H groups in total. The minimum absolute atomic E-state index is 0.146. The predicted octanol–water partition coefficient (Wildman–Crippen LogP) is 0.855. The van der Waals surface area contributed by atoms with Crippen LogP contribution in [-0.2, 0) is 4.79 Å². The fourth-order valence-corrected chi connectivity index (χ4v) is 1.09. The number of rotatable bonds is 3. The molecule has 0 aromatic carbocycles. The summed E-state index contributed by atoms with van der Waals surface area (Å²) in [5.41, 5.74) is 0. The Kier molecular flexibility index (Phi) is 3.81. The first-order valence-electron chi connectivity index (χ1n) is 4.55. The Hall–Kier alpha value is -1.66. The van der Waals surface area contributed by atoms with Gasteiger partial charge in [0.25, 0.3) is 0 Å². The third-order valence-electron chi connectivity index (χ3n) is 1.83. The van der Waals surface area contributed by atoms with Gasteiger partial charge in [0.2, 0.25) is 0 Å². The second-order valence-electron chi connectivity index (χ2n) is 3.30. The molecule has 0 unspecified atom stereocenters. The third kappa shape index (κ3) is 3.84. The first-order chi connectivity index (χ1) is 7.39. The SMILES string of the molecule is CN1C=CN(/C=C/CNC(=O)C(F)(F)F)C1. The maximum absolute atomic E-state index is 11.8. The average molecular weight is 235 g/mol. The highest BCUT2D eigenvalue weighted by atomic mass is 19.4. The molecule has 7 heteroatoms. The summed E-state index contributed by atoms with van der Waals surface area (Å²) in [6, 6.07) is 0. The number of amides is 1. The molecule has 1 aliphatic rings. The van der Waals surface area contributed by atoms with Gasteiger partial charge in [-0.2, -0.15) is 13.2 Å². The molecule has 0 radical (unpaired) electrons. The Balaban J connectivity index is 2.23. The van der Waals surface area contributed by atoms with Crippen molar-refractivity contribution in [3.63, 3.8) is 0 Å². The van der Waals surface area contributed by atoms with E-state index in [1.165, 1.54) is 6.08 Å². The van der Waals surface area contributed by atoms with Crippen LogP contribution in [-0.4, -0.2) is 42.1 Å². The fourth-order valence-electron chi connectivity index (χ4n) is 1.09. The molecule has 1 amide bonds. The van der Waals surface area contributed by atoms with Crippen molar-refractivity contribution in [1.82, 2.24) is 15.1 Å². The molecule has 0 fully saturated rings. The van der Waals surface area contributed by atoms with E-state index in [4.69, 9.17) is 0 Å². The average Bonchev–Trinajstić information content (AvgIpc) is 2.57. The van der Waals surface area contributed by atoms with Gasteiger partial charge in [-0.3, -0.25) is 4.79 Å². The van der Waals surface area contributed by atoms with Crippen molar-refractivity contribution in [1.29, 1.82) is 0 Å². The standard InChI is InChI=1S/C9H12F3N3O/c1-14-5-6-15(7-14)4-2-3-13-8(16)9(10,11)12/h2,4-6H,3,7H2,1H3,(H,13,16)/b4-2+. The van der Waals surface area contributed by atoms with Crippen LogP contribution >= 0.6 is 0 Å². The molecule has 0 saturated heterocycles. The predicted molar refractivity (Wildman–Crippen MR) is 51.8 cm³/mol. The number of nitrogens with zero attached hydrogens (tertiary/aromatic N) is 2. The first-order valence-corrected chi connectivity index (χ1v) is 4.55. The highest BCUT2D eigenvalue weighted by Crippen LogP contribution is 2.13. The summed E-state index contributed by atoms with van der Waals surface area (Å²) in [5.74, 6) is -1.92. The van der Waals surface area contributed by atoms with E-state index < -0.39 is 12.1 Å². The second kappa shape index (κ2) is 4.91. The summed E-state index contributed by atoms with van der Waals surface area (Å²) >= 11 is 0. The quantitative estimate of drug-likeness (QED) is 0.788. The molecule has 1 rings (SSSR count). The Labute approximate surface area is 91.0 Å². The summed E-state index contributed by atoms with van der Waals surface area (Å²) in [5, 5.41) is 1.74. The van der Waals surface area contributed by atoms with Gasteiger partial charge in [-0.1, -0.05) is 0 Å². The molecule has 4 nitrogen and oxygen atoms in total. The molecular weight excluding hydrogens is 223 g/mol. The van der Waals surface area contributed by atoms with Crippen molar-refractivity contribution >= 4 is 5.91 Å². The number of halogens is 3. The molecular formula is C9H12F3N3O. The van der Waals surface area contributed by atoms with Gasteiger partial charge in [-0.15, -0.1) is 0 Å². The molecule has 0 spiro atoms. The largest absolute Gasteiger partial charge is 0.471 e. The molecule has 0 saturated carbocycles. The summed E-state index contributed by atoms with van der Waals surface area (Å²) in [6.45, 7) is 0.496. The third-order valence-corrected chi connectivity index (χ3v) is 1.83. The van der Waals surface area contributed by atoms with Crippen LogP contribution < -0.4 is 5.32 Å². The maximum Gasteiger partial charge on any atom is 0.471 e. The Morgan fingerprint density at radius 2 is 2.19 bits per heavy atom. The Morgan fingerprint density at radius 1 is 1.50 bits per heavy atom. The molecule has 1 heterocycles. The van der Waals surface area contributed by atoms with Crippen molar-refractivity contribution in [2.24, 2.45) is 0 Å². The lowest BCUT2D eigenvalue weighted by atomic mass is 10.5. The highest BCUT2D eigenvalue weighted by Gasteiger charge is 2.37. The van der Waals surface area contributed by atoms with Crippen LogP contribution in [0.25, 0.3) is 0 Å². The number of hydrogen-bond donors (Lipinski definition) is 1. The zero-order chi connectivity index (χ0) is 12.2. The number of carbonyl (C=O) groups excluding carboxylic acids is 1. The molecule has 0 aliphatic carbocycles. The zero-order valence-corrected chi connectivity index (χ0v) is 8.66. The summed E-state index contributed by atoms with van der Waals surface area (Å²) in [7, 11) is 1.87. The van der Waals surface area contributed by atoms with Gasteiger partial charge in [-0.25, -0.2) is 0 Å². The lowest BCUT2D eigenvalue weighted by molar-refractivity contribution is -0.173. The summed E-state index contributed by atoms with van der Waals surface area (Å²) < 4.78 is 35.3. The minimum Gasteiger partial charge on any atom is -0.361 e. The van der Waals surface area contributed by atoms with Crippen LogP contribution in [0.1, 0.15) is 0 Å². The van der Waals surface area contributed by atoms with Crippen molar-refractivity contribution in [2.75, 3.05) is 20.3 Å². The van der Waals surface area contributed by atoms with Crippen molar-refractivity contribution in [3.05, 3.63) is 24.7 Å². The van der Waals surface area contributed by atoms with E-state index >= 15 is 0 Å². The number of alkyl halides is 3. The molecule has 90 valence electrons. The normalized spacial score (nSPS) is 16.2. The van der Waals surface area contributed by atoms with Crippen LogP contribution in [0.3, 0.4) is 0 Å². The number of hydrogen-bond acceptors (Lipinski definition) is 3. The van der Waals surface area contributed by atoms with Gasteiger partial charge in [0.05, 0.1) is 6.67 Å². The van der Waals surface area contributed by atoms with Crippen molar-refractivity contribution in [2.45, 2.75) is 6.18 Å². The van der Waals surface area contributed by atoms with E-state index in [1.54, 1.807) is 22.6 Å². The second-order valence-corrected chi connectivity index (χ2v) is 3.30. The van der Waals surface area contributed by atoms with Crippen LogP contribution in [0.15, 0.2) is 24.7 Å². The minimum atomic E-state index is -4.82. The fraction of sp³-hybridized carbons (Fsp3) is 0.444. The van der Waals surface area contributed by atoms with Crippen LogP contribution in [0.4, 0.5) is 13.2 Å². The van der Waals surface area contributed by atoms with E-state index in [2.05, 4.69) is 0 Å². The van der Waals surface area contributed by atoms with Gasteiger partial charge in [0, 0.05) is 32.2 Å². The van der Waals surface area contributed by atoms with Gasteiger partial charge >= 0.3 is 12.1 Å². The maximum atomic E-state index is 11.8. The summed E-state index contributed by atoms with van der Waals surface area (Å²) in [4.78, 5) is 14.1. The Bertz CT molecular complexity index is 312. The van der Waals surface area contributed by atoms with Gasteiger partial charge in [0.15, 0.2) is 0 Å². The monoisotopic (exact) mass is 235 g/mol. The van der Waals surface area contributed by atoms with E-state index in [1.807, 2.05) is 18.1 Å². The van der Waals surface area contributed by atoms with E-state index in [9.17, 15) is 18.0 Å². The molecule has 1 aliphatic heterocycles. The summed E-state index contributed by atoms with van der Waals surface area (Å²) in [6.07, 6.45) is 1.85. The first kappa shape index (κ1) is 12.4. The topological polar surface area (TPSA) is 35.6 Å². The van der Waals surface area contributed by atoms with Gasteiger partial charge < -0.3 is 15.1 Å². The van der Waals surface area contributed by atoms with Crippen LogP contribution in [0.5, 0.6) is 0 Å². The smallest absolute Gasteiger partial charge is 0.361 e. The van der Waals surface area contributed by atoms with Gasteiger partial charge in [-0.05, 0) is 6.08 Å². The molecule has 0 atom stereocenters. The highest BCUT2D eigenvalue weighted by molar-refractivity contribution is 5.81. The Morgan fingerprint density at radius 3 is 2.69 bits per heavy atom. The van der Waals surface area contributed by atoms with E-state index in [0.717, 1.165) is 0 Å². The van der Waals surface area contributed by atoms with Crippen molar-refractivity contribution < 1.29 is 18.0 Å². The van der Waals surface area contributed by atoms with Crippen LogP contribution in [0, 0.1) is 0 Å². The lowest BCUT2D eigenvalue weighted by Gasteiger charge is -2.13. The zero-order valence-electron chi connectivity index (χ0n) is 8.66. The lowest BCUT2D eigenvalue weighted by Crippen LogP contribution is -2.36. The van der Waals surface area contributed by atoms with Crippen molar-refractivity contribution in [3.8, 4) is 0 Å². The number of carbonyl (C=O) groups is 1. The molecule has 0 aromatic rings. The van der Waals surface area contributed by atoms with Crippen LogP contribution in [0.2, 0.25) is 0 Å². The molecule has 16 heavy (non-hydrogen) atoms. The van der Waals surface area contributed by atoms with Gasteiger partial charge in [0.1, 0.15) is 0 Å². The molecule has 0 aromatic heterocycles.